The van der Waals surface area contributed by atoms with Gasteiger partial charge in [-0.25, -0.2) is 9.78 Å². The molecule has 136 valence electrons. The Labute approximate surface area is 153 Å². The van der Waals surface area contributed by atoms with Crippen LogP contribution in [0.3, 0.4) is 0 Å². The summed E-state index contributed by atoms with van der Waals surface area (Å²) in [5, 5.41) is 2.95. The molecule has 0 atom stereocenters. The summed E-state index contributed by atoms with van der Waals surface area (Å²) in [7, 11) is 0. The van der Waals surface area contributed by atoms with E-state index in [9.17, 15) is 9.59 Å². The number of benzene rings is 1. The van der Waals surface area contributed by atoms with Crippen molar-refractivity contribution in [3.8, 4) is 0 Å². The predicted octanol–water partition coefficient (Wildman–Crippen LogP) is 2.42. The van der Waals surface area contributed by atoms with Crippen LogP contribution in [0.1, 0.15) is 32.3 Å². The third-order valence-electron chi connectivity index (χ3n) is 4.55. The van der Waals surface area contributed by atoms with Crippen LogP contribution in [0.4, 0.5) is 5.69 Å². The van der Waals surface area contributed by atoms with E-state index in [2.05, 4.69) is 10.3 Å². The molecular formula is C18H25ClN4O2. The average Bonchev–Trinajstić information content (AvgIpc) is 2.59. The Morgan fingerprint density at radius 2 is 2.00 bits per heavy atom. The molecule has 0 fully saturated rings. The van der Waals surface area contributed by atoms with E-state index in [1.54, 1.807) is 12.3 Å². The zero-order chi connectivity index (χ0) is 17.6. The van der Waals surface area contributed by atoms with Crippen molar-refractivity contribution in [3.63, 3.8) is 0 Å². The number of nitrogens with one attached hydrogen (secondary N) is 1. The van der Waals surface area contributed by atoms with Crippen molar-refractivity contribution in [1.82, 2.24) is 9.55 Å². The zero-order valence-electron chi connectivity index (χ0n) is 14.6. The largest absolute Gasteiger partial charge is 0.347 e. The minimum atomic E-state index is -0.545. The lowest BCUT2D eigenvalue weighted by molar-refractivity contribution is -0.125. The van der Waals surface area contributed by atoms with Crippen LogP contribution >= 0.6 is 12.4 Å². The second-order valence-electron chi connectivity index (χ2n) is 5.88. The predicted molar refractivity (Wildman–Crippen MR) is 102 cm³/mol. The molecule has 0 aliphatic carbocycles. The van der Waals surface area contributed by atoms with E-state index < -0.39 is 5.41 Å². The van der Waals surface area contributed by atoms with E-state index >= 15 is 0 Å². The van der Waals surface area contributed by atoms with Crippen LogP contribution in [0.15, 0.2) is 47.5 Å². The van der Waals surface area contributed by atoms with Crippen molar-refractivity contribution < 1.29 is 4.79 Å². The molecule has 1 aromatic carbocycles. The van der Waals surface area contributed by atoms with Crippen LogP contribution < -0.4 is 16.7 Å². The molecule has 0 unspecified atom stereocenters. The van der Waals surface area contributed by atoms with Crippen molar-refractivity contribution in [2.24, 2.45) is 11.1 Å². The van der Waals surface area contributed by atoms with E-state index in [4.69, 9.17) is 5.73 Å². The average molecular weight is 365 g/mol. The van der Waals surface area contributed by atoms with Gasteiger partial charge in [0.05, 0.1) is 12.0 Å². The lowest BCUT2D eigenvalue weighted by Gasteiger charge is -2.28. The maximum atomic E-state index is 12.6. The van der Waals surface area contributed by atoms with Gasteiger partial charge in [-0.2, -0.15) is 0 Å². The summed E-state index contributed by atoms with van der Waals surface area (Å²) in [6.45, 7) is 4.67. The van der Waals surface area contributed by atoms with Gasteiger partial charge in [0, 0.05) is 24.6 Å². The highest BCUT2D eigenvalue weighted by atomic mass is 35.5. The monoisotopic (exact) mass is 364 g/mol. The second-order valence-corrected chi connectivity index (χ2v) is 5.88. The van der Waals surface area contributed by atoms with Crippen molar-refractivity contribution in [1.29, 1.82) is 0 Å². The normalized spacial score (nSPS) is 10.8. The first kappa shape index (κ1) is 20.9. The fourth-order valence-corrected chi connectivity index (χ4v) is 2.67. The highest BCUT2D eigenvalue weighted by molar-refractivity contribution is 5.95. The number of rotatable bonds is 7. The molecule has 0 radical (unpaired) electrons. The van der Waals surface area contributed by atoms with E-state index in [0.717, 1.165) is 5.56 Å². The molecule has 1 amide bonds. The van der Waals surface area contributed by atoms with Gasteiger partial charge >= 0.3 is 5.69 Å². The van der Waals surface area contributed by atoms with E-state index in [0.29, 0.717) is 31.6 Å². The summed E-state index contributed by atoms with van der Waals surface area (Å²) >= 11 is 0. The van der Waals surface area contributed by atoms with Gasteiger partial charge in [-0.15, -0.1) is 12.4 Å². The highest BCUT2D eigenvalue weighted by Gasteiger charge is 2.33. The molecule has 0 spiro atoms. The summed E-state index contributed by atoms with van der Waals surface area (Å²) in [5.74, 6) is -0.0642. The molecule has 1 heterocycles. The number of hydrogen-bond acceptors (Lipinski definition) is 4. The van der Waals surface area contributed by atoms with Gasteiger partial charge in [-0.05, 0) is 36.6 Å². The summed E-state index contributed by atoms with van der Waals surface area (Å²) in [6.07, 6.45) is 4.54. The third-order valence-corrected chi connectivity index (χ3v) is 4.55. The lowest BCUT2D eigenvalue weighted by atomic mass is 9.81. The maximum Gasteiger partial charge on any atom is 0.347 e. The number of amides is 1. The van der Waals surface area contributed by atoms with Gasteiger partial charge in [-0.3, -0.25) is 9.36 Å². The first-order chi connectivity index (χ1) is 11.5. The Bertz CT molecular complexity index is 748. The van der Waals surface area contributed by atoms with Crippen molar-refractivity contribution in [3.05, 3.63) is 58.8 Å². The Kier molecular flexibility index (Phi) is 7.80. The molecule has 0 saturated carbocycles. The van der Waals surface area contributed by atoms with Gasteiger partial charge in [0.1, 0.15) is 0 Å². The molecular weight excluding hydrogens is 340 g/mol. The Morgan fingerprint density at radius 3 is 2.60 bits per heavy atom. The summed E-state index contributed by atoms with van der Waals surface area (Å²) in [4.78, 5) is 28.0. The van der Waals surface area contributed by atoms with Gasteiger partial charge in [0.25, 0.3) is 0 Å². The first-order valence-electron chi connectivity index (χ1n) is 8.16. The third kappa shape index (κ3) is 4.90. The van der Waals surface area contributed by atoms with Crippen molar-refractivity contribution in [2.45, 2.75) is 33.2 Å². The minimum absolute atomic E-state index is 0. The molecule has 25 heavy (non-hydrogen) atoms. The molecule has 6 nitrogen and oxygen atoms in total. The fraction of sp³-hybridized carbons (Fsp3) is 0.389. The summed E-state index contributed by atoms with van der Waals surface area (Å²) in [6, 6.07) is 9.17. The van der Waals surface area contributed by atoms with Crippen molar-refractivity contribution in [2.75, 3.05) is 11.9 Å². The Morgan fingerprint density at radius 1 is 1.28 bits per heavy atom. The standard InChI is InChI=1S/C18H24N4O2.ClH/c1-3-18(4-2,13-19)16(23)21-15-8-5-7-14(11-15)12-22-10-6-9-20-17(22)24;/h5-11H,3-4,12-13,19H2,1-2H3,(H,21,23);1H. The van der Waals surface area contributed by atoms with Crippen LogP contribution in [0.25, 0.3) is 0 Å². The molecule has 2 rings (SSSR count). The quantitative estimate of drug-likeness (QED) is 0.789. The zero-order valence-corrected chi connectivity index (χ0v) is 15.4. The molecule has 2 aromatic rings. The fourth-order valence-electron chi connectivity index (χ4n) is 2.67. The number of anilines is 1. The van der Waals surface area contributed by atoms with E-state index in [1.165, 1.54) is 10.8 Å². The number of aromatic nitrogens is 2. The Balaban J connectivity index is 0.00000312. The Hall–Kier alpha value is -2.18. The van der Waals surface area contributed by atoms with E-state index in [1.807, 2.05) is 38.1 Å². The molecule has 1 aromatic heterocycles. The number of carbonyl (C=O) groups excluding carboxylic acids is 1. The topological polar surface area (TPSA) is 90.0 Å². The lowest BCUT2D eigenvalue weighted by Crippen LogP contribution is -2.41. The van der Waals surface area contributed by atoms with Crippen LogP contribution in [-0.2, 0) is 11.3 Å². The SMILES string of the molecule is CCC(CC)(CN)C(=O)Nc1cccc(Cn2cccnc2=O)c1.Cl. The number of halogens is 1. The van der Waals surface area contributed by atoms with Gasteiger partial charge < -0.3 is 11.1 Å². The minimum Gasteiger partial charge on any atom is -0.329 e. The van der Waals surface area contributed by atoms with Crippen molar-refractivity contribution >= 4 is 24.0 Å². The second kappa shape index (κ2) is 9.34. The van der Waals surface area contributed by atoms with Crippen LogP contribution in [0, 0.1) is 5.41 Å². The molecule has 0 saturated heterocycles. The highest BCUT2D eigenvalue weighted by Crippen LogP contribution is 2.27. The van der Waals surface area contributed by atoms with Gasteiger partial charge in [0.2, 0.25) is 5.91 Å². The molecule has 7 heteroatoms. The number of carbonyl (C=O) groups is 1. The van der Waals surface area contributed by atoms with E-state index in [-0.39, 0.29) is 24.0 Å². The van der Waals surface area contributed by atoms with Gasteiger partial charge in [0.15, 0.2) is 0 Å². The number of hydrogen-bond donors (Lipinski definition) is 2. The smallest absolute Gasteiger partial charge is 0.329 e. The van der Waals surface area contributed by atoms with Crippen LogP contribution in [0.5, 0.6) is 0 Å². The van der Waals surface area contributed by atoms with Crippen LogP contribution in [-0.4, -0.2) is 22.0 Å². The molecule has 0 aliphatic rings. The molecule has 0 bridgehead atoms. The maximum absolute atomic E-state index is 12.6. The first-order valence-corrected chi connectivity index (χ1v) is 8.16. The molecule has 0 aliphatic heterocycles. The molecule has 3 N–H and O–H groups in total. The summed E-state index contributed by atoms with van der Waals surface area (Å²) in [5.41, 5.74) is 6.60. The van der Waals surface area contributed by atoms with Crippen LogP contribution in [0.2, 0.25) is 0 Å². The summed E-state index contributed by atoms with van der Waals surface area (Å²) < 4.78 is 1.52. The number of nitrogens with zero attached hydrogens (tertiary/aromatic N) is 2. The van der Waals surface area contributed by atoms with Gasteiger partial charge in [-0.1, -0.05) is 26.0 Å². The number of nitrogens with two attached hydrogens (primary N) is 1.